The fourth-order valence-corrected chi connectivity index (χ4v) is 4.34. The van der Waals surface area contributed by atoms with E-state index >= 15 is 0 Å². The van der Waals surface area contributed by atoms with E-state index in [0.717, 1.165) is 23.3 Å². The smallest absolute Gasteiger partial charge is 0.416 e. The number of hydrogen-bond acceptors (Lipinski definition) is 7. The zero-order chi connectivity index (χ0) is 32.9. The van der Waals surface area contributed by atoms with Crippen molar-refractivity contribution in [2.24, 2.45) is 4.99 Å². The van der Waals surface area contributed by atoms with Crippen LogP contribution in [0.4, 0.5) is 23.9 Å². The number of alkyl carbamates (subject to hydrolysis) is 1. The average Bonchev–Trinajstić information content (AvgIpc) is 3.06. The summed E-state index contributed by atoms with van der Waals surface area (Å²) >= 11 is 0. The van der Waals surface area contributed by atoms with Crippen LogP contribution < -0.4 is 16.0 Å². The van der Waals surface area contributed by atoms with Crippen molar-refractivity contribution in [3.05, 3.63) is 149 Å². The van der Waals surface area contributed by atoms with Gasteiger partial charge < -0.3 is 15.4 Å². The number of benzene rings is 3. The van der Waals surface area contributed by atoms with Gasteiger partial charge in [0.15, 0.2) is 0 Å². The van der Waals surface area contributed by atoms with E-state index in [1.807, 2.05) is 67.6 Å². The van der Waals surface area contributed by atoms with Crippen LogP contribution in [0.2, 0.25) is 0 Å². The Labute approximate surface area is 265 Å². The predicted octanol–water partition coefficient (Wildman–Crippen LogP) is 8.13. The molecule has 3 aromatic carbocycles. The van der Waals surface area contributed by atoms with E-state index in [1.165, 1.54) is 24.5 Å². The van der Waals surface area contributed by atoms with Crippen LogP contribution in [0.15, 0.2) is 126 Å². The summed E-state index contributed by atoms with van der Waals surface area (Å²) < 4.78 is 46.2. The number of halogens is 3. The Morgan fingerprint density at radius 1 is 1.02 bits per heavy atom. The molecular weight excluding hydrogens is 593 g/mol. The van der Waals surface area contributed by atoms with E-state index in [-0.39, 0.29) is 35.6 Å². The Kier molecular flexibility index (Phi) is 11.4. The van der Waals surface area contributed by atoms with Crippen molar-refractivity contribution in [2.45, 2.75) is 32.7 Å². The molecular formula is C35H33F3N6O2. The average molecular weight is 627 g/mol. The molecule has 0 aliphatic rings. The molecule has 0 saturated carbocycles. The van der Waals surface area contributed by atoms with E-state index in [1.54, 1.807) is 25.1 Å². The second-order valence-electron chi connectivity index (χ2n) is 9.93. The van der Waals surface area contributed by atoms with E-state index in [9.17, 15) is 18.0 Å². The summed E-state index contributed by atoms with van der Waals surface area (Å²) in [5, 5.41) is 9.00. The van der Waals surface area contributed by atoms with Crippen LogP contribution in [0.5, 0.6) is 0 Å². The molecule has 1 aromatic heterocycles. The summed E-state index contributed by atoms with van der Waals surface area (Å²) in [6, 6.07) is 25.1. The summed E-state index contributed by atoms with van der Waals surface area (Å²) in [6.07, 6.45) is 1.02. The van der Waals surface area contributed by atoms with Crippen LogP contribution in [0.25, 0.3) is 11.4 Å². The molecule has 0 bridgehead atoms. The molecule has 0 aliphatic carbocycles. The van der Waals surface area contributed by atoms with Crippen LogP contribution in [0.1, 0.15) is 47.8 Å². The molecule has 1 heterocycles. The highest BCUT2D eigenvalue weighted by Gasteiger charge is 2.31. The molecule has 0 saturated heterocycles. The maximum Gasteiger partial charge on any atom is 0.416 e. The highest BCUT2D eigenvalue weighted by Crippen LogP contribution is 2.33. The topological polar surface area (TPSA) is 101 Å². The van der Waals surface area contributed by atoms with Crippen molar-refractivity contribution in [3.63, 3.8) is 0 Å². The van der Waals surface area contributed by atoms with Gasteiger partial charge in [-0.15, -0.1) is 0 Å². The van der Waals surface area contributed by atoms with Crippen LogP contribution in [-0.2, 0) is 17.5 Å². The summed E-state index contributed by atoms with van der Waals surface area (Å²) in [7, 11) is 0. The molecule has 0 radical (unpaired) electrons. The van der Waals surface area contributed by atoms with Gasteiger partial charge in [-0.25, -0.2) is 14.8 Å². The molecule has 0 spiro atoms. The Hall–Kier alpha value is -5.71. The highest BCUT2D eigenvalue weighted by molar-refractivity contribution is 5.90. The summed E-state index contributed by atoms with van der Waals surface area (Å²) in [6.45, 7) is 7.41. The lowest BCUT2D eigenvalue weighted by molar-refractivity contribution is -0.137. The second-order valence-corrected chi connectivity index (χ2v) is 9.93. The molecule has 0 fully saturated rings. The van der Waals surface area contributed by atoms with Crippen LogP contribution >= 0.6 is 0 Å². The third-order valence-electron chi connectivity index (χ3n) is 6.59. The van der Waals surface area contributed by atoms with Crippen molar-refractivity contribution < 1.29 is 22.7 Å². The van der Waals surface area contributed by atoms with Gasteiger partial charge >= 0.3 is 12.3 Å². The number of carbonyl (C=O) groups excluding carboxylic acids is 1. The van der Waals surface area contributed by atoms with Gasteiger partial charge in [0.2, 0.25) is 5.95 Å². The van der Waals surface area contributed by atoms with Crippen molar-refractivity contribution in [1.82, 2.24) is 20.6 Å². The highest BCUT2D eigenvalue weighted by atomic mass is 19.4. The molecule has 4 aromatic rings. The van der Waals surface area contributed by atoms with E-state index < -0.39 is 17.8 Å². The van der Waals surface area contributed by atoms with Gasteiger partial charge in [0, 0.05) is 18.0 Å². The number of aromatic nitrogens is 2. The van der Waals surface area contributed by atoms with Crippen LogP contribution in [0.3, 0.4) is 0 Å². The van der Waals surface area contributed by atoms with Crippen molar-refractivity contribution in [2.75, 3.05) is 5.32 Å². The van der Waals surface area contributed by atoms with Gasteiger partial charge in [0.1, 0.15) is 6.61 Å². The molecule has 8 nitrogen and oxygen atoms in total. The minimum atomic E-state index is -4.57. The number of carbonyl (C=O) groups is 1. The zero-order valence-electron chi connectivity index (χ0n) is 25.3. The van der Waals surface area contributed by atoms with Crippen molar-refractivity contribution in [1.29, 1.82) is 0 Å². The molecule has 236 valence electrons. The van der Waals surface area contributed by atoms with E-state index in [4.69, 9.17) is 4.74 Å². The third-order valence-corrected chi connectivity index (χ3v) is 6.59. The lowest BCUT2D eigenvalue weighted by Crippen LogP contribution is -2.24. The number of ether oxygens (including phenoxy) is 1. The first-order valence-corrected chi connectivity index (χ1v) is 14.3. The van der Waals surface area contributed by atoms with Gasteiger partial charge in [-0.05, 0) is 56.0 Å². The first kappa shape index (κ1) is 33.2. The first-order valence-electron chi connectivity index (χ1n) is 14.3. The lowest BCUT2D eigenvalue weighted by atomic mass is 10.0. The summed E-state index contributed by atoms with van der Waals surface area (Å²) in [5.41, 5.74) is 2.04. The van der Waals surface area contributed by atoms with Gasteiger partial charge in [-0.3, -0.25) is 10.3 Å². The number of aliphatic imine (C=N–C) groups is 1. The number of nitrogens with one attached hydrogen (secondary N) is 3. The molecule has 1 atom stereocenters. The quantitative estimate of drug-likeness (QED) is 0.108. The van der Waals surface area contributed by atoms with Crippen molar-refractivity contribution in [3.8, 4) is 0 Å². The van der Waals surface area contributed by atoms with E-state index in [2.05, 4.69) is 37.6 Å². The molecule has 11 heteroatoms. The Morgan fingerprint density at radius 2 is 1.74 bits per heavy atom. The SMILES string of the molecule is C=N/C(=C(\N/C=C(\C=C/C)NC(=O)OCc1ccccc1)c1ccnc(NC(C)c2ccccc2)n1)c1cccc(C(F)(F)F)c1. The van der Waals surface area contributed by atoms with Gasteiger partial charge in [0.05, 0.1) is 34.4 Å². The minimum absolute atomic E-state index is 0.0621. The minimum Gasteiger partial charge on any atom is -0.444 e. The number of anilines is 1. The number of rotatable bonds is 12. The summed E-state index contributed by atoms with van der Waals surface area (Å²) in [4.78, 5) is 25.7. The van der Waals surface area contributed by atoms with Gasteiger partial charge in [-0.1, -0.05) is 78.9 Å². The monoisotopic (exact) mass is 626 g/mol. The van der Waals surface area contributed by atoms with Crippen molar-refractivity contribution >= 4 is 30.2 Å². The molecule has 4 rings (SSSR count). The standard InChI is InChI=1S/C35H33F3N6O2/c1-4-12-29(43-34(45)46-23-25-13-7-5-8-14-25)22-41-32(31(39-3)27-17-11-18-28(21-27)35(36,37)38)30-19-20-40-33(44-30)42-24(2)26-15-9-6-10-16-26/h4-22,24,41H,3,23H2,1-2H3,(H,43,45)(H,40,42,44)/b12-4-,29-22+,32-31-. The van der Waals surface area contributed by atoms with Crippen LogP contribution in [-0.4, -0.2) is 22.8 Å². The number of hydrogen-bond donors (Lipinski definition) is 3. The van der Waals surface area contributed by atoms with Crippen LogP contribution in [0, 0.1) is 0 Å². The normalized spacial score (nSPS) is 13.0. The largest absolute Gasteiger partial charge is 0.444 e. The molecule has 3 N–H and O–H groups in total. The fourth-order valence-electron chi connectivity index (χ4n) is 4.34. The molecule has 1 unspecified atom stereocenters. The van der Waals surface area contributed by atoms with Gasteiger partial charge in [0.25, 0.3) is 0 Å². The lowest BCUT2D eigenvalue weighted by Gasteiger charge is -2.17. The number of allylic oxidation sites excluding steroid dienone is 2. The molecule has 46 heavy (non-hydrogen) atoms. The fraction of sp³-hybridized carbons (Fsp3) is 0.143. The molecule has 1 amide bonds. The van der Waals surface area contributed by atoms with Gasteiger partial charge in [-0.2, -0.15) is 13.2 Å². The predicted molar refractivity (Wildman–Crippen MR) is 174 cm³/mol. The number of amides is 1. The Bertz CT molecular complexity index is 1720. The molecule has 0 aliphatic heterocycles. The maximum absolute atomic E-state index is 13.6. The number of nitrogens with zero attached hydrogens (tertiary/aromatic N) is 3. The summed E-state index contributed by atoms with van der Waals surface area (Å²) in [5.74, 6) is 0.279. The second kappa shape index (κ2) is 15.8. The van der Waals surface area contributed by atoms with E-state index in [0.29, 0.717) is 11.4 Å². The maximum atomic E-state index is 13.6. The third kappa shape index (κ3) is 9.39. The Balaban J connectivity index is 1.70. The number of alkyl halides is 3. The zero-order valence-corrected chi connectivity index (χ0v) is 25.3. The Morgan fingerprint density at radius 3 is 2.41 bits per heavy atom. The first-order chi connectivity index (χ1) is 22.2.